The molecule has 0 aromatic heterocycles. The third-order valence-corrected chi connectivity index (χ3v) is 4.53. The van der Waals surface area contributed by atoms with Gasteiger partial charge in [-0.2, -0.15) is 0 Å². The van der Waals surface area contributed by atoms with Gasteiger partial charge in [0.05, 0.1) is 29.5 Å². The molecular formula is C16H20ClN3O3. The molecule has 2 aliphatic rings. The van der Waals surface area contributed by atoms with Crippen LogP contribution in [0.15, 0.2) is 24.3 Å². The number of nitrogens with zero attached hydrogens (tertiary/aromatic N) is 1. The molecule has 0 radical (unpaired) electrons. The molecule has 2 heterocycles. The number of rotatable bonds is 3. The quantitative estimate of drug-likeness (QED) is 0.861. The van der Waals surface area contributed by atoms with E-state index in [9.17, 15) is 9.59 Å². The second kappa shape index (κ2) is 6.86. The lowest BCUT2D eigenvalue weighted by Crippen LogP contribution is -2.57. The molecule has 0 aliphatic carbocycles. The number of hydrogen-bond acceptors (Lipinski definition) is 4. The van der Waals surface area contributed by atoms with E-state index in [4.69, 9.17) is 16.3 Å². The predicted molar refractivity (Wildman–Crippen MR) is 87.6 cm³/mol. The van der Waals surface area contributed by atoms with Gasteiger partial charge in [0.1, 0.15) is 6.04 Å². The molecule has 2 amide bonds. The summed E-state index contributed by atoms with van der Waals surface area (Å²) in [5.41, 5.74) is 0.684. The molecule has 124 valence electrons. The fourth-order valence-corrected chi connectivity index (χ4v) is 3.26. The van der Waals surface area contributed by atoms with E-state index < -0.39 is 0 Å². The van der Waals surface area contributed by atoms with Crippen LogP contribution < -0.4 is 15.5 Å². The summed E-state index contributed by atoms with van der Waals surface area (Å²) < 4.78 is 5.49. The Morgan fingerprint density at radius 1 is 1.43 bits per heavy atom. The molecule has 0 saturated carbocycles. The van der Waals surface area contributed by atoms with E-state index >= 15 is 0 Å². The van der Waals surface area contributed by atoms with Crippen LogP contribution in [-0.2, 0) is 14.3 Å². The molecule has 1 unspecified atom stereocenters. The van der Waals surface area contributed by atoms with Gasteiger partial charge < -0.3 is 20.3 Å². The van der Waals surface area contributed by atoms with Gasteiger partial charge in [-0.25, -0.2) is 0 Å². The van der Waals surface area contributed by atoms with Crippen LogP contribution in [0.5, 0.6) is 0 Å². The number of anilines is 1. The Morgan fingerprint density at radius 3 is 2.96 bits per heavy atom. The van der Waals surface area contributed by atoms with E-state index in [0.717, 1.165) is 0 Å². The van der Waals surface area contributed by atoms with E-state index in [1.54, 1.807) is 11.0 Å². The summed E-state index contributed by atoms with van der Waals surface area (Å²) in [6, 6.07) is 6.62. The molecule has 3 atom stereocenters. The van der Waals surface area contributed by atoms with Crippen molar-refractivity contribution in [2.24, 2.45) is 0 Å². The molecule has 0 bridgehead atoms. The number of amides is 2. The van der Waals surface area contributed by atoms with Crippen molar-refractivity contribution in [1.82, 2.24) is 10.6 Å². The monoisotopic (exact) mass is 337 g/mol. The standard InChI is InChI=1S/C16H20ClN3O3/c1-10-15(18-6-7-23-10)16(22)19-11-8-14(21)20(9-11)13-5-3-2-4-12(13)17/h2-5,10-11,15,18H,6-9H2,1H3,(H,19,22)/t10-,11?,15+/m1/s1. The summed E-state index contributed by atoms with van der Waals surface area (Å²) in [6.45, 7) is 3.55. The van der Waals surface area contributed by atoms with Crippen molar-refractivity contribution in [2.45, 2.75) is 31.5 Å². The molecule has 7 heteroatoms. The molecule has 23 heavy (non-hydrogen) atoms. The van der Waals surface area contributed by atoms with Gasteiger partial charge in [0, 0.05) is 19.5 Å². The summed E-state index contributed by atoms with van der Waals surface area (Å²) in [5, 5.41) is 6.62. The van der Waals surface area contributed by atoms with E-state index in [0.29, 0.717) is 30.4 Å². The van der Waals surface area contributed by atoms with Gasteiger partial charge in [-0.1, -0.05) is 23.7 Å². The van der Waals surface area contributed by atoms with E-state index in [-0.39, 0.29) is 36.4 Å². The summed E-state index contributed by atoms with van der Waals surface area (Å²) in [7, 11) is 0. The van der Waals surface area contributed by atoms with Crippen LogP contribution in [0.4, 0.5) is 5.69 Å². The summed E-state index contributed by atoms with van der Waals surface area (Å²) in [5.74, 6) is -0.166. The van der Waals surface area contributed by atoms with Gasteiger partial charge in [0.2, 0.25) is 11.8 Å². The molecule has 2 saturated heterocycles. The zero-order chi connectivity index (χ0) is 16.4. The van der Waals surface area contributed by atoms with E-state index in [1.165, 1.54) is 0 Å². The van der Waals surface area contributed by atoms with Crippen LogP contribution in [0.3, 0.4) is 0 Å². The Balaban J connectivity index is 1.64. The highest BCUT2D eigenvalue weighted by Gasteiger charge is 2.35. The minimum absolute atomic E-state index is 0.0377. The molecular weight excluding hydrogens is 318 g/mol. The third kappa shape index (κ3) is 3.49. The number of ether oxygens (including phenoxy) is 1. The van der Waals surface area contributed by atoms with Crippen LogP contribution in [0, 0.1) is 0 Å². The minimum atomic E-state index is -0.381. The zero-order valence-corrected chi connectivity index (χ0v) is 13.7. The first-order chi connectivity index (χ1) is 11.1. The molecule has 2 fully saturated rings. The number of carbonyl (C=O) groups excluding carboxylic acids is 2. The lowest BCUT2D eigenvalue weighted by Gasteiger charge is -2.30. The maximum atomic E-state index is 12.4. The molecule has 6 nitrogen and oxygen atoms in total. The first-order valence-electron chi connectivity index (χ1n) is 7.76. The van der Waals surface area contributed by atoms with Gasteiger partial charge in [0.15, 0.2) is 0 Å². The van der Waals surface area contributed by atoms with E-state index in [1.807, 2.05) is 25.1 Å². The van der Waals surface area contributed by atoms with Gasteiger partial charge in [-0.15, -0.1) is 0 Å². The minimum Gasteiger partial charge on any atom is -0.375 e. The van der Waals surface area contributed by atoms with E-state index in [2.05, 4.69) is 10.6 Å². The first kappa shape index (κ1) is 16.2. The molecule has 1 aromatic carbocycles. The Kier molecular flexibility index (Phi) is 4.84. The Labute approximate surface area is 140 Å². The number of halogens is 1. The SMILES string of the molecule is C[C@H]1OCCN[C@@H]1C(=O)NC1CC(=O)N(c2ccccc2Cl)C1. The molecule has 3 rings (SSSR count). The largest absolute Gasteiger partial charge is 0.375 e. The van der Waals surface area contributed by atoms with Gasteiger partial charge >= 0.3 is 0 Å². The van der Waals surface area contributed by atoms with Crippen molar-refractivity contribution in [3.63, 3.8) is 0 Å². The van der Waals surface area contributed by atoms with Crippen molar-refractivity contribution in [3.05, 3.63) is 29.3 Å². The highest BCUT2D eigenvalue weighted by atomic mass is 35.5. The maximum Gasteiger partial charge on any atom is 0.240 e. The fraction of sp³-hybridized carbons (Fsp3) is 0.500. The van der Waals surface area contributed by atoms with Crippen molar-refractivity contribution >= 4 is 29.1 Å². The summed E-state index contributed by atoms with van der Waals surface area (Å²) in [4.78, 5) is 26.2. The first-order valence-corrected chi connectivity index (χ1v) is 8.14. The number of benzene rings is 1. The zero-order valence-electron chi connectivity index (χ0n) is 12.9. The number of hydrogen-bond donors (Lipinski definition) is 2. The van der Waals surface area contributed by atoms with Crippen molar-refractivity contribution in [2.75, 3.05) is 24.6 Å². The summed E-state index contributed by atoms with van der Waals surface area (Å²) in [6.07, 6.45) is 0.0966. The average molecular weight is 338 g/mol. The van der Waals surface area contributed by atoms with Crippen LogP contribution in [0.2, 0.25) is 5.02 Å². The number of carbonyl (C=O) groups is 2. The molecule has 2 aliphatic heterocycles. The predicted octanol–water partition coefficient (Wildman–Crippen LogP) is 0.938. The van der Waals surface area contributed by atoms with Gasteiger partial charge in [-0.3, -0.25) is 9.59 Å². The molecule has 0 spiro atoms. The number of nitrogens with one attached hydrogen (secondary N) is 2. The second-order valence-corrected chi connectivity index (χ2v) is 6.28. The molecule has 1 aromatic rings. The number of morpholine rings is 1. The maximum absolute atomic E-state index is 12.4. The Hall–Kier alpha value is -1.63. The van der Waals surface area contributed by atoms with Crippen molar-refractivity contribution in [3.8, 4) is 0 Å². The fourth-order valence-electron chi connectivity index (χ4n) is 3.03. The van der Waals surface area contributed by atoms with Crippen LogP contribution in [0.1, 0.15) is 13.3 Å². The van der Waals surface area contributed by atoms with Crippen LogP contribution in [-0.4, -0.2) is 49.7 Å². The van der Waals surface area contributed by atoms with Crippen molar-refractivity contribution < 1.29 is 14.3 Å². The lowest BCUT2D eigenvalue weighted by molar-refractivity contribution is -0.129. The van der Waals surface area contributed by atoms with Crippen LogP contribution >= 0.6 is 11.6 Å². The highest BCUT2D eigenvalue weighted by molar-refractivity contribution is 6.33. The third-order valence-electron chi connectivity index (χ3n) is 4.21. The summed E-state index contributed by atoms with van der Waals surface area (Å²) >= 11 is 6.16. The second-order valence-electron chi connectivity index (χ2n) is 5.87. The highest BCUT2D eigenvalue weighted by Crippen LogP contribution is 2.29. The number of para-hydroxylation sites is 1. The Bertz CT molecular complexity index is 610. The van der Waals surface area contributed by atoms with Gasteiger partial charge in [0.25, 0.3) is 0 Å². The normalized spacial score (nSPS) is 28.0. The average Bonchev–Trinajstić information content (AvgIpc) is 2.88. The lowest BCUT2D eigenvalue weighted by atomic mass is 10.1. The smallest absolute Gasteiger partial charge is 0.240 e. The van der Waals surface area contributed by atoms with Gasteiger partial charge in [-0.05, 0) is 19.1 Å². The van der Waals surface area contributed by atoms with Crippen LogP contribution in [0.25, 0.3) is 0 Å². The topological polar surface area (TPSA) is 70.7 Å². The van der Waals surface area contributed by atoms with Crippen molar-refractivity contribution in [1.29, 1.82) is 0 Å². The molecule has 2 N–H and O–H groups in total. The Morgan fingerprint density at radius 2 is 2.22 bits per heavy atom.